The van der Waals surface area contributed by atoms with Crippen LogP contribution >= 0.6 is 11.3 Å². The summed E-state index contributed by atoms with van der Waals surface area (Å²) in [5.74, 6) is -0.717. The first-order valence-electron chi connectivity index (χ1n) is 8.86. The molecule has 1 aliphatic rings. The zero-order valence-corrected chi connectivity index (χ0v) is 16.5. The SMILES string of the molecule is CCOC(=O)c1csc(-n2nc3c(c2C(F)(F)F)CCC[C@@H]3C(C)(C)C)n1. The fourth-order valence-electron chi connectivity index (χ4n) is 3.55. The van der Waals surface area contributed by atoms with Crippen molar-refractivity contribution in [2.75, 3.05) is 6.61 Å². The van der Waals surface area contributed by atoms with Crippen LogP contribution in [0.5, 0.6) is 0 Å². The minimum Gasteiger partial charge on any atom is -0.461 e. The molecule has 2 aromatic heterocycles. The molecule has 0 aromatic carbocycles. The molecule has 1 aliphatic carbocycles. The molecule has 0 radical (unpaired) electrons. The van der Waals surface area contributed by atoms with Crippen LogP contribution in [0, 0.1) is 5.41 Å². The van der Waals surface area contributed by atoms with Crippen molar-refractivity contribution in [1.82, 2.24) is 14.8 Å². The van der Waals surface area contributed by atoms with Gasteiger partial charge in [0.1, 0.15) is 0 Å². The number of ether oxygens (including phenoxy) is 1. The van der Waals surface area contributed by atoms with E-state index >= 15 is 0 Å². The minimum atomic E-state index is -4.56. The Morgan fingerprint density at radius 2 is 2.07 bits per heavy atom. The standard InChI is InChI=1S/C18H22F3N3O2S/c1-5-26-15(25)12-9-27-16(22-12)24-14(18(19,20)21)10-7-6-8-11(13(10)23-24)17(2,3)4/h9,11H,5-8H2,1-4H3/t11-/m0/s1. The van der Waals surface area contributed by atoms with Gasteiger partial charge in [0.05, 0.1) is 12.3 Å². The molecular formula is C18H22F3N3O2S. The van der Waals surface area contributed by atoms with Gasteiger partial charge in [0, 0.05) is 16.9 Å². The average molecular weight is 401 g/mol. The van der Waals surface area contributed by atoms with Gasteiger partial charge in [-0.15, -0.1) is 11.3 Å². The van der Waals surface area contributed by atoms with Crippen LogP contribution in [0.1, 0.15) is 73.9 Å². The Morgan fingerprint density at radius 3 is 2.67 bits per heavy atom. The summed E-state index contributed by atoms with van der Waals surface area (Å²) in [6.07, 6.45) is -2.73. The fraction of sp³-hybridized carbons (Fsp3) is 0.611. The Hall–Kier alpha value is -1.90. The van der Waals surface area contributed by atoms with E-state index in [2.05, 4.69) is 10.1 Å². The summed E-state index contributed by atoms with van der Waals surface area (Å²) in [7, 11) is 0. The predicted octanol–water partition coefficient (Wildman–Crippen LogP) is 4.99. The van der Waals surface area contributed by atoms with E-state index in [0.29, 0.717) is 18.5 Å². The quantitative estimate of drug-likeness (QED) is 0.680. The monoisotopic (exact) mass is 401 g/mol. The second-order valence-electron chi connectivity index (χ2n) is 7.67. The summed E-state index contributed by atoms with van der Waals surface area (Å²) in [6, 6.07) is 0. The first-order valence-corrected chi connectivity index (χ1v) is 9.74. The van der Waals surface area contributed by atoms with Crippen LogP contribution in [0.25, 0.3) is 5.13 Å². The number of rotatable bonds is 3. The number of aromatic nitrogens is 3. The molecule has 2 aromatic rings. The van der Waals surface area contributed by atoms with Crippen molar-refractivity contribution in [1.29, 1.82) is 0 Å². The van der Waals surface area contributed by atoms with Gasteiger partial charge >= 0.3 is 12.1 Å². The largest absolute Gasteiger partial charge is 0.461 e. The van der Waals surface area contributed by atoms with Gasteiger partial charge in [-0.2, -0.15) is 18.3 Å². The molecule has 1 atom stereocenters. The molecule has 0 saturated carbocycles. The maximum absolute atomic E-state index is 13.9. The summed E-state index contributed by atoms with van der Waals surface area (Å²) in [4.78, 5) is 15.9. The van der Waals surface area contributed by atoms with Gasteiger partial charge in [-0.25, -0.2) is 14.5 Å². The molecule has 0 amide bonds. The molecule has 0 spiro atoms. The Balaban J connectivity index is 2.14. The molecule has 0 N–H and O–H groups in total. The lowest BCUT2D eigenvalue weighted by Crippen LogP contribution is -2.23. The summed E-state index contributed by atoms with van der Waals surface area (Å²) in [5, 5.41) is 5.77. The van der Waals surface area contributed by atoms with Crippen LogP contribution in [-0.2, 0) is 17.3 Å². The third-order valence-corrected chi connectivity index (χ3v) is 5.55. The number of halogens is 3. The molecule has 148 valence electrons. The highest BCUT2D eigenvalue weighted by atomic mass is 32.1. The second kappa shape index (κ2) is 6.92. The first-order chi connectivity index (χ1) is 12.5. The van der Waals surface area contributed by atoms with Gasteiger partial charge < -0.3 is 4.74 Å². The summed E-state index contributed by atoms with van der Waals surface area (Å²) in [6.45, 7) is 7.87. The number of nitrogens with zero attached hydrogens (tertiary/aromatic N) is 3. The molecule has 0 fully saturated rings. The number of fused-ring (bicyclic) bond motifs is 1. The van der Waals surface area contributed by atoms with Crippen molar-refractivity contribution in [3.05, 3.63) is 28.0 Å². The normalized spacial score (nSPS) is 17.7. The molecule has 2 heterocycles. The van der Waals surface area contributed by atoms with Crippen LogP contribution in [0.3, 0.4) is 0 Å². The number of alkyl halides is 3. The lowest BCUT2D eigenvalue weighted by molar-refractivity contribution is -0.143. The third-order valence-electron chi connectivity index (χ3n) is 4.74. The molecule has 0 bridgehead atoms. The van der Waals surface area contributed by atoms with Crippen molar-refractivity contribution in [3.63, 3.8) is 0 Å². The lowest BCUT2D eigenvalue weighted by Gasteiger charge is -2.33. The van der Waals surface area contributed by atoms with Crippen LogP contribution in [0.4, 0.5) is 13.2 Å². The summed E-state index contributed by atoms with van der Waals surface area (Å²) in [5.41, 5.74) is -0.242. The van der Waals surface area contributed by atoms with Gasteiger partial charge in [-0.05, 0) is 31.6 Å². The number of hydrogen-bond acceptors (Lipinski definition) is 5. The topological polar surface area (TPSA) is 57.0 Å². The van der Waals surface area contributed by atoms with E-state index in [4.69, 9.17) is 4.74 Å². The number of thiazole rings is 1. The molecule has 3 rings (SSSR count). The highest BCUT2D eigenvalue weighted by molar-refractivity contribution is 7.12. The van der Waals surface area contributed by atoms with E-state index in [1.807, 2.05) is 20.8 Å². The Labute approximate surface area is 159 Å². The smallest absolute Gasteiger partial charge is 0.433 e. The van der Waals surface area contributed by atoms with Crippen LogP contribution in [0.2, 0.25) is 0 Å². The van der Waals surface area contributed by atoms with Crippen molar-refractivity contribution in [2.24, 2.45) is 5.41 Å². The lowest BCUT2D eigenvalue weighted by atomic mass is 9.71. The Morgan fingerprint density at radius 1 is 1.37 bits per heavy atom. The molecule has 0 aliphatic heterocycles. The van der Waals surface area contributed by atoms with Crippen molar-refractivity contribution < 1.29 is 22.7 Å². The molecule has 5 nitrogen and oxygen atoms in total. The molecule has 0 unspecified atom stereocenters. The average Bonchev–Trinajstić information content (AvgIpc) is 3.17. The van der Waals surface area contributed by atoms with Crippen molar-refractivity contribution in [2.45, 2.75) is 59.1 Å². The Kier molecular flexibility index (Phi) is 5.09. The first kappa shape index (κ1) is 19.9. The van der Waals surface area contributed by atoms with Gasteiger partial charge in [-0.1, -0.05) is 20.8 Å². The number of carbonyl (C=O) groups is 1. The van der Waals surface area contributed by atoms with E-state index in [-0.39, 0.29) is 34.3 Å². The predicted molar refractivity (Wildman–Crippen MR) is 95.3 cm³/mol. The van der Waals surface area contributed by atoms with E-state index in [9.17, 15) is 18.0 Å². The van der Waals surface area contributed by atoms with E-state index in [1.165, 1.54) is 5.38 Å². The number of carbonyl (C=O) groups excluding carboxylic acids is 1. The highest BCUT2D eigenvalue weighted by Crippen LogP contribution is 2.47. The third kappa shape index (κ3) is 3.74. The number of esters is 1. The highest BCUT2D eigenvalue weighted by Gasteiger charge is 2.44. The van der Waals surface area contributed by atoms with Crippen LogP contribution in [0.15, 0.2) is 5.38 Å². The van der Waals surface area contributed by atoms with E-state index < -0.39 is 17.8 Å². The minimum absolute atomic E-state index is 0.00850. The second-order valence-corrected chi connectivity index (χ2v) is 8.51. The molecular weight excluding hydrogens is 379 g/mol. The zero-order valence-electron chi connectivity index (χ0n) is 15.7. The van der Waals surface area contributed by atoms with Crippen molar-refractivity contribution >= 4 is 17.3 Å². The fourth-order valence-corrected chi connectivity index (χ4v) is 4.30. The van der Waals surface area contributed by atoms with Gasteiger partial charge in [-0.3, -0.25) is 0 Å². The van der Waals surface area contributed by atoms with E-state index in [0.717, 1.165) is 22.4 Å². The molecule has 9 heteroatoms. The number of hydrogen-bond donors (Lipinski definition) is 0. The maximum atomic E-state index is 13.9. The van der Waals surface area contributed by atoms with Crippen molar-refractivity contribution in [3.8, 4) is 5.13 Å². The maximum Gasteiger partial charge on any atom is 0.433 e. The van der Waals surface area contributed by atoms with E-state index in [1.54, 1.807) is 6.92 Å². The Bertz CT molecular complexity index is 849. The summed E-state index contributed by atoms with van der Waals surface area (Å²) >= 11 is 0.948. The van der Waals surface area contributed by atoms with Gasteiger partial charge in [0.15, 0.2) is 11.4 Å². The van der Waals surface area contributed by atoms with Crippen LogP contribution < -0.4 is 0 Å². The van der Waals surface area contributed by atoms with Gasteiger partial charge in [0.2, 0.25) is 5.13 Å². The summed E-state index contributed by atoms with van der Waals surface area (Å²) < 4.78 is 47.4. The molecule has 0 saturated heterocycles. The van der Waals surface area contributed by atoms with Gasteiger partial charge in [0.25, 0.3) is 0 Å². The van der Waals surface area contributed by atoms with Crippen LogP contribution in [-0.4, -0.2) is 27.3 Å². The zero-order chi connectivity index (χ0) is 20.0. The molecule has 27 heavy (non-hydrogen) atoms.